The van der Waals surface area contributed by atoms with Crippen LogP contribution in [0.3, 0.4) is 0 Å². The summed E-state index contributed by atoms with van der Waals surface area (Å²) >= 11 is 1.40. The molecule has 0 saturated carbocycles. The zero-order valence-electron chi connectivity index (χ0n) is 17.1. The average Bonchev–Trinajstić information content (AvgIpc) is 3.34. The highest BCUT2D eigenvalue weighted by molar-refractivity contribution is 7.13. The SMILES string of the molecule is CN(C)C(=O)Oc1ccc([C@H]2c3ccccc3C[C@@]2(C)C(=O)Nc2nccs2)cc1. The van der Waals surface area contributed by atoms with E-state index in [4.69, 9.17) is 4.74 Å². The molecule has 1 heterocycles. The summed E-state index contributed by atoms with van der Waals surface area (Å²) in [4.78, 5) is 30.7. The molecule has 2 amide bonds. The molecule has 0 aliphatic heterocycles. The molecule has 2 aromatic carbocycles. The van der Waals surface area contributed by atoms with E-state index in [-0.39, 0.29) is 11.8 Å². The van der Waals surface area contributed by atoms with Crippen LogP contribution < -0.4 is 10.1 Å². The maximum absolute atomic E-state index is 13.4. The topological polar surface area (TPSA) is 71.5 Å². The number of hydrogen-bond acceptors (Lipinski definition) is 5. The van der Waals surface area contributed by atoms with Gasteiger partial charge in [-0.15, -0.1) is 11.3 Å². The number of hydrogen-bond donors (Lipinski definition) is 1. The Labute approximate surface area is 179 Å². The highest BCUT2D eigenvalue weighted by atomic mass is 32.1. The van der Waals surface area contributed by atoms with Gasteiger partial charge < -0.3 is 15.0 Å². The van der Waals surface area contributed by atoms with E-state index in [1.165, 1.54) is 21.8 Å². The lowest BCUT2D eigenvalue weighted by molar-refractivity contribution is -0.125. The monoisotopic (exact) mass is 421 g/mol. The fourth-order valence-electron chi connectivity index (χ4n) is 4.02. The van der Waals surface area contributed by atoms with Gasteiger partial charge in [-0.25, -0.2) is 9.78 Å². The molecule has 4 rings (SSSR count). The van der Waals surface area contributed by atoms with Gasteiger partial charge in [0.05, 0.1) is 5.41 Å². The average molecular weight is 422 g/mol. The molecule has 3 aromatic rings. The summed E-state index contributed by atoms with van der Waals surface area (Å²) in [6.07, 6.45) is 1.89. The second-order valence-electron chi connectivity index (χ2n) is 7.85. The Kier molecular flexibility index (Phi) is 5.30. The zero-order chi connectivity index (χ0) is 21.3. The van der Waals surface area contributed by atoms with E-state index in [1.807, 2.05) is 36.6 Å². The maximum atomic E-state index is 13.4. The summed E-state index contributed by atoms with van der Waals surface area (Å²) in [6, 6.07) is 15.6. The minimum atomic E-state index is -0.669. The van der Waals surface area contributed by atoms with Gasteiger partial charge in [0.2, 0.25) is 5.91 Å². The molecule has 30 heavy (non-hydrogen) atoms. The molecule has 1 N–H and O–H groups in total. The van der Waals surface area contributed by atoms with Crippen LogP contribution in [0.15, 0.2) is 60.1 Å². The number of rotatable bonds is 4. The Balaban J connectivity index is 1.67. The number of thiazole rings is 1. The first-order valence-electron chi connectivity index (χ1n) is 9.66. The van der Waals surface area contributed by atoms with Crippen LogP contribution in [-0.4, -0.2) is 36.0 Å². The summed E-state index contributed by atoms with van der Waals surface area (Å²) in [5, 5.41) is 5.42. The van der Waals surface area contributed by atoms with Crippen molar-refractivity contribution in [3.05, 3.63) is 76.8 Å². The highest BCUT2D eigenvalue weighted by Crippen LogP contribution is 2.51. The van der Waals surface area contributed by atoms with Crippen molar-refractivity contribution >= 4 is 28.5 Å². The molecule has 7 heteroatoms. The van der Waals surface area contributed by atoms with Crippen molar-refractivity contribution in [1.82, 2.24) is 9.88 Å². The van der Waals surface area contributed by atoms with E-state index >= 15 is 0 Å². The molecular formula is C23H23N3O3S. The van der Waals surface area contributed by atoms with Crippen LogP contribution in [0, 0.1) is 5.41 Å². The molecule has 0 radical (unpaired) electrons. The Hall–Kier alpha value is -3.19. The van der Waals surface area contributed by atoms with Crippen LogP contribution in [0.25, 0.3) is 0 Å². The van der Waals surface area contributed by atoms with Crippen molar-refractivity contribution in [3.8, 4) is 5.75 Å². The predicted octanol–water partition coefficient (Wildman–Crippen LogP) is 4.54. The summed E-state index contributed by atoms with van der Waals surface area (Å²) in [7, 11) is 3.28. The number of fused-ring (bicyclic) bond motifs is 1. The number of carbonyl (C=O) groups excluding carboxylic acids is 2. The van der Waals surface area contributed by atoms with Crippen LogP contribution in [0.1, 0.15) is 29.5 Å². The lowest BCUT2D eigenvalue weighted by atomic mass is 9.73. The first-order chi connectivity index (χ1) is 14.4. The summed E-state index contributed by atoms with van der Waals surface area (Å²) in [6.45, 7) is 2.00. The van der Waals surface area contributed by atoms with E-state index in [0.29, 0.717) is 17.3 Å². The first-order valence-corrected chi connectivity index (χ1v) is 10.5. The Morgan fingerprint density at radius 1 is 1.17 bits per heavy atom. The molecule has 6 nitrogen and oxygen atoms in total. The molecule has 1 aliphatic rings. The lowest BCUT2D eigenvalue weighted by Crippen LogP contribution is -2.37. The van der Waals surface area contributed by atoms with Crippen molar-refractivity contribution in [2.24, 2.45) is 5.41 Å². The van der Waals surface area contributed by atoms with Gasteiger partial charge >= 0.3 is 6.09 Å². The zero-order valence-corrected chi connectivity index (χ0v) is 17.9. The number of nitrogens with one attached hydrogen (secondary N) is 1. The smallest absolute Gasteiger partial charge is 0.410 e. The van der Waals surface area contributed by atoms with E-state index in [9.17, 15) is 9.59 Å². The van der Waals surface area contributed by atoms with Crippen LogP contribution in [0.2, 0.25) is 0 Å². The van der Waals surface area contributed by atoms with Crippen molar-refractivity contribution in [1.29, 1.82) is 0 Å². The van der Waals surface area contributed by atoms with Gasteiger partial charge in [-0.05, 0) is 42.2 Å². The molecule has 0 unspecified atom stereocenters. The number of aromatic nitrogens is 1. The number of carbonyl (C=O) groups is 2. The van der Waals surface area contributed by atoms with Gasteiger partial charge in [-0.2, -0.15) is 0 Å². The van der Waals surface area contributed by atoms with Crippen molar-refractivity contribution in [2.45, 2.75) is 19.3 Å². The Morgan fingerprint density at radius 3 is 2.57 bits per heavy atom. The van der Waals surface area contributed by atoms with Crippen LogP contribution >= 0.6 is 11.3 Å². The van der Waals surface area contributed by atoms with E-state index in [2.05, 4.69) is 22.4 Å². The molecule has 0 fully saturated rings. The van der Waals surface area contributed by atoms with Crippen LogP contribution in [0.4, 0.5) is 9.93 Å². The normalized spacial score (nSPS) is 19.8. The molecule has 0 spiro atoms. The number of nitrogens with zero attached hydrogens (tertiary/aromatic N) is 2. The van der Waals surface area contributed by atoms with Gasteiger partial charge in [-0.1, -0.05) is 36.4 Å². The van der Waals surface area contributed by atoms with Crippen LogP contribution in [-0.2, 0) is 11.2 Å². The van der Waals surface area contributed by atoms with Crippen LogP contribution in [0.5, 0.6) is 5.75 Å². The van der Waals surface area contributed by atoms with E-state index < -0.39 is 11.5 Å². The third kappa shape index (κ3) is 3.68. The maximum Gasteiger partial charge on any atom is 0.414 e. The van der Waals surface area contributed by atoms with Crippen molar-refractivity contribution in [2.75, 3.05) is 19.4 Å². The second-order valence-corrected chi connectivity index (χ2v) is 8.74. The molecule has 2 atom stereocenters. The third-order valence-corrected chi connectivity index (χ3v) is 6.20. The molecule has 0 saturated heterocycles. The highest BCUT2D eigenvalue weighted by Gasteiger charge is 2.48. The largest absolute Gasteiger partial charge is 0.414 e. The lowest BCUT2D eigenvalue weighted by Gasteiger charge is -2.31. The minimum Gasteiger partial charge on any atom is -0.410 e. The van der Waals surface area contributed by atoms with E-state index in [0.717, 1.165) is 11.1 Å². The first kappa shape index (κ1) is 20.1. The number of benzene rings is 2. The van der Waals surface area contributed by atoms with Gasteiger partial charge in [0, 0.05) is 31.6 Å². The standard InChI is InChI=1S/C23H23N3O3S/c1-23(20(27)25-21-24-12-13-30-21)14-16-6-4-5-7-18(16)19(23)15-8-10-17(11-9-15)29-22(28)26(2)3/h4-13,19H,14H2,1-3H3,(H,24,25,27)/t19-,23+/m0/s1. The third-order valence-electron chi connectivity index (χ3n) is 5.52. The number of anilines is 1. The Morgan fingerprint density at radius 2 is 1.90 bits per heavy atom. The molecule has 0 bridgehead atoms. The molecule has 1 aromatic heterocycles. The minimum absolute atomic E-state index is 0.0539. The number of amides is 2. The quantitative estimate of drug-likeness (QED) is 0.672. The summed E-state index contributed by atoms with van der Waals surface area (Å²) in [5.41, 5.74) is 2.65. The van der Waals surface area contributed by atoms with Crippen molar-refractivity contribution in [3.63, 3.8) is 0 Å². The second kappa shape index (κ2) is 7.91. The summed E-state index contributed by atoms with van der Waals surface area (Å²) in [5.74, 6) is 0.298. The van der Waals surface area contributed by atoms with Gasteiger partial charge in [-0.3, -0.25) is 4.79 Å². The molecular weight excluding hydrogens is 398 g/mol. The predicted molar refractivity (Wildman–Crippen MR) is 117 cm³/mol. The van der Waals surface area contributed by atoms with Gasteiger partial charge in [0.15, 0.2) is 5.13 Å². The van der Waals surface area contributed by atoms with Gasteiger partial charge in [0.1, 0.15) is 5.75 Å². The van der Waals surface area contributed by atoms with Crippen molar-refractivity contribution < 1.29 is 14.3 Å². The fourth-order valence-corrected chi connectivity index (χ4v) is 4.55. The summed E-state index contributed by atoms with van der Waals surface area (Å²) < 4.78 is 5.33. The van der Waals surface area contributed by atoms with Gasteiger partial charge in [0.25, 0.3) is 0 Å². The van der Waals surface area contributed by atoms with E-state index in [1.54, 1.807) is 32.4 Å². The molecule has 154 valence electrons. The fraction of sp³-hybridized carbons (Fsp3) is 0.261. The molecule has 1 aliphatic carbocycles. The Bertz CT molecular complexity index is 1060. The number of ether oxygens (including phenoxy) is 1.